The van der Waals surface area contributed by atoms with Crippen LogP contribution in [0.2, 0.25) is 5.02 Å². The fourth-order valence-electron chi connectivity index (χ4n) is 5.18. The maximum absolute atomic E-state index is 13.4. The van der Waals surface area contributed by atoms with Gasteiger partial charge in [-0.15, -0.1) is 0 Å². The van der Waals surface area contributed by atoms with Gasteiger partial charge >= 0.3 is 0 Å². The molecular formula is C24H20BrClN2O3. The number of allylic oxidation sites excluding steroid dienone is 2. The van der Waals surface area contributed by atoms with Gasteiger partial charge in [0.25, 0.3) is 0 Å². The highest BCUT2D eigenvalue weighted by molar-refractivity contribution is 9.10. The summed E-state index contributed by atoms with van der Waals surface area (Å²) in [6.45, 7) is 0. The molecule has 1 aliphatic heterocycles. The van der Waals surface area contributed by atoms with Crippen molar-refractivity contribution in [2.75, 3.05) is 5.32 Å². The lowest BCUT2D eigenvalue weighted by atomic mass is 9.85. The zero-order valence-electron chi connectivity index (χ0n) is 16.5. The summed E-state index contributed by atoms with van der Waals surface area (Å²) in [6.07, 6.45) is 5.20. The van der Waals surface area contributed by atoms with Crippen LogP contribution in [0.3, 0.4) is 0 Å². The standard InChI is InChI=1S/C24H20BrClN2O3/c25-16-8-9-18(17(26)12-16)27-22(29)19(10-13-4-2-1-3-5-13)28-23(30)20-14-6-7-15(11-14)21(20)24(28)31/h1-9,12,14-15,19-21H,10-11H2,(H,27,29)/t14-,15-,19-,20-,21+/m0/s1. The number of likely N-dealkylation sites (tertiary alicyclic amines) is 1. The number of hydrogen-bond donors (Lipinski definition) is 1. The summed E-state index contributed by atoms with van der Waals surface area (Å²) in [7, 11) is 0. The van der Waals surface area contributed by atoms with Crippen molar-refractivity contribution >= 4 is 50.9 Å². The number of rotatable bonds is 5. The Morgan fingerprint density at radius 3 is 2.32 bits per heavy atom. The van der Waals surface area contributed by atoms with Crippen LogP contribution in [0, 0.1) is 23.7 Å². The largest absolute Gasteiger partial charge is 0.323 e. The van der Waals surface area contributed by atoms with Gasteiger partial charge in [0.2, 0.25) is 17.7 Å². The van der Waals surface area contributed by atoms with Crippen molar-refractivity contribution < 1.29 is 14.4 Å². The van der Waals surface area contributed by atoms with Crippen LogP contribution in [0.4, 0.5) is 5.69 Å². The molecule has 31 heavy (non-hydrogen) atoms. The Morgan fingerprint density at radius 2 is 1.71 bits per heavy atom. The SMILES string of the molecule is O=C(Nc1ccc(Br)cc1Cl)[C@H](Cc1ccccc1)N1C(=O)[C@@H]2[C@H](C1=O)[C@H]1C=C[C@H]2C1. The van der Waals surface area contributed by atoms with Crippen LogP contribution < -0.4 is 5.32 Å². The quantitative estimate of drug-likeness (QED) is 0.488. The molecule has 2 bridgehead atoms. The van der Waals surface area contributed by atoms with Gasteiger partial charge in [-0.25, -0.2) is 0 Å². The summed E-state index contributed by atoms with van der Waals surface area (Å²) in [6, 6.07) is 13.6. The van der Waals surface area contributed by atoms with E-state index in [9.17, 15) is 14.4 Å². The van der Waals surface area contributed by atoms with E-state index in [1.54, 1.807) is 18.2 Å². The zero-order chi connectivity index (χ0) is 21.7. The van der Waals surface area contributed by atoms with E-state index in [2.05, 4.69) is 21.2 Å². The molecule has 2 aromatic rings. The predicted octanol–water partition coefficient (Wildman–Crippen LogP) is 4.46. The Morgan fingerprint density at radius 1 is 1.06 bits per heavy atom. The third-order valence-corrected chi connectivity index (χ3v) is 7.39. The van der Waals surface area contributed by atoms with Crippen LogP contribution in [0.25, 0.3) is 0 Å². The van der Waals surface area contributed by atoms with E-state index < -0.39 is 11.9 Å². The van der Waals surface area contributed by atoms with Gasteiger partial charge in [0.05, 0.1) is 22.5 Å². The Bertz CT molecular complexity index is 1070. The minimum atomic E-state index is -0.938. The Balaban J connectivity index is 1.47. The molecule has 5 nitrogen and oxygen atoms in total. The summed E-state index contributed by atoms with van der Waals surface area (Å²) in [5, 5.41) is 3.20. The van der Waals surface area contributed by atoms with Gasteiger partial charge in [-0.05, 0) is 42.0 Å². The fourth-order valence-corrected chi connectivity index (χ4v) is 5.90. The number of amides is 3. The van der Waals surface area contributed by atoms with Gasteiger partial charge in [-0.1, -0.05) is 70.0 Å². The molecule has 0 unspecified atom stereocenters. The predicted molar refractivity (Wildman–Crippen MR) is 121 cm³/mol. The van der Waals surface area contributed by atoms with E-state index in [1.807, 2.05) is 42.5 Å². The third-order valence-electron chi connectivity index (χ3n) is 6.58. The lowest BCUT2D eigenvalue weighted by Gasteiger charge is -2.27. The third kappa shape index (κ3) is 3.52. The molecule has 7 heteroatoms. The first-order chi connectivity index (χ1) is 14.9. The number of carbonyl (C=O) groups is 3. The summed E-state index contributed by atoms with van der Waals surface area (Å²) < 4.78 is 0.789. The van der Waals surface area contributed by atoms with Crippen LogP contribution in [-0.2, 0) is 20.8 Å². The normalized spacial score (nSPS) is 27.0. The van der Waals surface area contributed by atoms with E-state index in [1.165, 1.54) is 4.90 Å². The van der Waals surface area contributed by atoms with Gasteiger partial charge in [0.15, 0.2) is 0 Å². The van der Waals surface area contributed by atoms with E-state index in [0.29, 0.717) is 10.7 Å². The molecule has 1 heterocycles. The average Bonchev–Trinajstić information content (AvgIpc) is 3.43. The smallest absolute Gasteiger partial charge is 0.248 e. The topological polar surface area (TPSA) is 66.5 Å². The van der Waals surface area contributed by atoms with Crippen LogP contribution in [0.15, 0.2) is 65.2 Å². The molecule has 3 aliphatic rings. The number of nitrogens with zero attached hydrogens (tertiary/aromatic N) is 1. The lowest BCUT2D eigenvalue weighted by molar-refractivity contribution is -0.147. The number of fused-ring (bicyclic) bond motifs is 5. The van der Waals surface area contributed by atoms with Crippen molar-refractivity contribution in [1.82, 2.24) is 4.90 Å². The molecule has 5 atom stereocenters. The zero-order valence-corrected chi connectivity index (χ0v) is 18.8. The molecule has 2 aliphatic carbocycles. The molecular weight excluding hydrogens is 480 g/mol. The van der Waals surface area contributed by atoms with Gasteiger partial charge in [-0.3, -0.25) is 19.3 Å². The van der Waals surface area contributed by atoms with Crippen LogP contribution in [0.5, 0.6) is 0 Å². The monoisotopic (exact) mass is 498 g/mol. The first-order valence-electron chi connectivity index (χ1n) is 10.3. The molecule has 0 spiro atoms. The molecule has 2 aromatic carbocycles. The van der Waals surface area contributed by atoms with Crippen molar-refractivity contribution in [3.05, 3.63) is 75.7 Å². The Labute approximate surface area is 193 Å². The highest BCUT2D eigenvalue weighted by atomic mass is 79.9. The minimum absolute atomic E-state index is 0.0952. The Kier molecular flexibility index (Phi) is 5.22. The number of carbonyl (C=O) groups excluding carboxylic acids is 3. The number of anilines is 1. The molecule has 1 saturated heterocycles. The van der Waals surface area contributed by atoms with Crippen LogP contribution in [0.1, 0.15) is 12.0 Å². The number of benzene rings is 2. The summed E-state index contributed by atoms with van der Waals surface area (Å²) in [4.78, 5) is 41.3. The van der Waals surface area contributed by atoms with E-state index in [0.717, 1.165) is 16.5 Å². The first-order valence-corrected chi connectivity index (χ1v) is 11.5. The van der Waals surface area contributed by atoms with Crippen molar-refractivity contribution in [2.45, 2.75) is 18.9 Å². The van der Waals surface area contributed by atoms with Gasteiger partial charge in [0, 0.05) is 10.9 Å². The van der Waals surface area contributed by atoms with E-state index in [4.69, 9.17) is 11.6 Å². The molecule has 5 rings (SSSR count). The highest BCUT2D eigenvalue weighted by Gasteiger charge is 2.61. The number of imide groups is 1. The van der Waals surface area contributed by atoms with E-state index in [-0.39, 0.29) is 41.9 Å². The lowest BCUT2D eigenvalue weighted by Crippen LogP contribution is -2.49. The van der Waals surface area contributed by atoms with Crippen molar-refractivity contribution in [3.8, 4) is 0 Å². The van der Waals surface area contributed by atoms with Crippen LogP contribution >= 0.6 is 27.5 Å². The second-order valence-corrected chi connectivity index (χ2v) is 9.69. The van der Waals surface area contributed by atoms with Crippen molar-refractivity contribution in [1.29, 1.82) is 0 Å². The van der Waals surface area contributed by atoms with Gasteiger partial charge < -0.3 is 5.32 Å². The summed E-state index contributed by atoms with van der Waals surface area (Å²) in [5.41, 5.74) is 1.32. The van der Waals surface area contributed by atoms with Crippen LogP contribution in [-0.4, -0.2) is 28.7 Å². The summed E-state index contributed by atoms with van der Waals surface area (Å²) >= 11 is 9.63. The number of hydrogen-bond acceptors (Lipinski definition) is 3. The van der Waals surface area contributed by atoms with E-state index >= 15 is 0 Å². The van der Waals surface area contributed by atoms with Gasteiger partial charge in [-0.2, -0.15) is 0 Å². The molecule has 1 N–H and O–H groups in total. The fraction of sp³-hybridized carbons (Fsp3) is 0.292. The molecule has 158 valence electrons. The summed E-state index contributed by atoms with van der Waals surface area (Å²) in [5.74, 6) is -1.38. The Hall–Kier alpha value is -2.44. The molecule has 3 amide bonds. The average molecular weight is 500 g/mol. The van der Waals surface area contributed by atoms with Gasteiger partial charge in [0.1, 0.15) is 6.04 Å². The second-order valence-electron chi connectivity index (χ2n) is 8.37. The molecule has 0 radical (unpaired) electrons. The second kappa shape index (κ2) is 7.92. The van der Waals surface area contributed by atoms with Crippen molar-refractivity contribution in [2.24, 2.45) is 23.7 Å². The maximum atomic E-state index is 13.4. The highest BCUT2D eigenvalue weighted by Crippen LogP contribution is 2.53. The molecule has 0 aromatic heterocycles. The molecule has 2 fully saturated rings. The minimum Gasteiger partial charge on any atom is -0.323 e. The number of nitrogens with one attached hydrogen (secondary N) is 1. The maximum Gasteiger partial charge on any atom is 0.248 e. The molecule has 1 saturated carbocycles. The van der Waals surface area contributed by atoms with Crippen molar-refractivity contribution in [3.63, 3.8) is 0 Å². The number of halogens is 2. The first kappa shape index (κ1) is 20.5.